The van der Waals surface area contributed by atoms with Gasteiger partial charge < -0.3 is 70.7 Å². The highest BCUT2D eigenvalue weighted by molar-refractivity contribution is 8.00. The largest absolute Gasteiger partial charge is 0.390 e. The molecule has 96 heavy (non-hydrogen) atoms. The number of likely N-dealkylation sites (N-methyl/N-ethyl adjacent to an activating group) is 7. The number of thioether (sulfide) groups is 1. The van der Waals surface area contributed by atoms with Gasteiger partial charge in [0.25, 0.3) is 5.91 Å². The summed E-state index contributed by atoms with van der Waals surface area (Å²) in [6.45, 7) is 36.6. The molecule has 0 radical (unpaired) electrons. The van der Waals surface area contributed by atoms with E-state index < -0.39 is 160 Å². The fourth-order valence-electron chi connectivity index (χ4n) is 12.1. The molecule has 0 spiro atoms. The van der Waals surface area contributed by atoms with Crippen molar-refractivity contribution >= 4 is 76.7 Å². The van der Waals surface area contributed by atoms with E-state index in [1.165, 1.54) is 102 Å². The molecule has 1 heterocycles. The second kappa shape index (κ2) is 40.3. The molecule has 0 aromatic heterocycles. The number of allylic oxidation sites excluding steroid dienone is 2. The van der Waals surface area contributed by atoms with Crippen molar-refractivity contribution in [3.63, 3.8) is 0 Å². The van der Waals surface area contributed by atoms with Crippen LogP contribution in [0.15, 0.2) is 12.2 Å². The van der Waals surface area contributed by atoms with E-state index in [1.807, 2.05) is 54.5 Å². The van der Waals surface area contributed by atoms with Gasteiger partial charge in [0.1, 0.15) is 60.4 Å². The molecule has 11 amide bonds. The molecule has 0 bridgehead atoms. The Kier molecular flexibility index (Phi) is 37.0. The summed E-state index contributed by atoms with van der Waals surface area (Å²) in [5, 5.41) is 33.5. The van der Waals surface area contributed by atoms with Gasteiger partial charge >= 0.3 is 0 Å². The van der Waals surface area contributed by atoms with E-state index in [1.54, 1.807) is 54.5 Å². The normalized spacial score (nSPS) is 26.2. The number of carbonyl (C=O) groups is 11. The predicted molar refractivity (Wildman–Crippen MR) is 378 cm³/mol. The van der Waals surface area contributed by atoms with Crippen molar-refractivity contribution in [1.82, 2.24) is 60.5 Å². The molecule has 0 aromatic carbocycles. The molecule has 6 N–H and O–H groups in total. The van der Waals surface area contributed by atoms with Gasteiger partial charge in [0, 0.05) is 61.8 Å². The van der Waals surface area contributed by atoms with Gasteiger partial charge in [-0.25, -0.2) is 0 Å². The minimum atomic E-state index is -1.66. The maximum Gasteiger partial charge on any atom is 0.256 e. The molecule has 0 aromatic rings. The minimum Gasteiger partial charge on any atom is -0.390 e. The molecule has 26 heteroatoms. The Bertz CT molecular complexity index is 2610. The molecular weight excluding hydrogens is 1250 g/mol. The summed E-state index contributed by atoms with van der Waals surface area (Å²) in [6, 6.07) is -12.9. The fourth-order valence-corrected chi connectivity index (χ4v) is 13.3. The molecule has 552 valence electrons. The third-order valence-corrected chi connectivity index (χ3v) is 19.6. The molecule has 13 atom stereocenters. The van der Waals surface area contributed by atoms with Crippen molar-refractivity contribution in [3.05, 3.63) is 12.2 Å². The Labute approximate surface area is 580 Å². The SMILES string of the molecule is C/C=C/C[C@@H](C)[C@@H](O)[C@H]1C(=O)N[C@@H](CC)C(=O)N(C)[C@H](SCCCN(CC)C(C)C)C(=O)N(C)[C@@H](CC(C)(C)O)C(=O)N[C@@H](C(C)C)C(=O)N(C)[C@@H](CC(C)C)C(=O)N[C@@H](C)C(=O)N[C@H](C)C(=O)N(C)[C@@H](CC(C)C)C(=O)N(C)[C@@H](CC(C)C)C(=O)N(C)[C@@H](C(C)C)C(=O)N1C. The van der Waals surface area contributed by atoms with Crippen molar-refractivity contribution in [2.75, 3.05) is 68.2 Å². The van der Waals surface area contributed by atoms with Crippen molar-refractivity contribution in [2.45, 2.75) is 267 Å². The first-order valence-electron chi connectivity index (χ1n) is 34.7. The number of nitrogens with one attached hydrogen (secondary N) is 4. The number of aliphatic hydroxyl groups excluding tert-OH is 1. The van der Waals surface area contributed by atoms with Crippen molar-refractivity contribution in [3.8, 4) is 0 Å². The highest BCUT2D eigenvalue weighted by Crippen LogP contribution is 2.28. The number of rotatable bonds is 22. The average molecular weight is 1380 g/mol. The van der Waals surface area contributed by atoms with Crippen LogP contribution in [-0.2, 0) is 52.7 Å². The van der Waals surface area contributed by atoms with E-state index >= 15 is 33.6 Å². The molecule has 1 aliphatic heterocycles. The van der Waals surface area contributed by atoms with Gasteiger partial charge in [0.2, 0.25) is 59.1 Å². The summed E-state index contributed by atoms with van der Waals surface area (Å²) >= 11 is 1.14. The number of nitrogens with zero attached hydrogens (tertiary/aromatic N) is 8. The lowest BCUT2D eigenvalue weighted by molar-refractivity contribution is -0.157. The van der Waals surface area contributed by atoms with Gasteiger partial charge in [0.15, 0.2) is 5.37 Å². The Balaban J connectivity index is 4.60. The van der Waals surface area contributed by atoms with E-state index in [-0.39, 0.29) is 62.3 Å². The van der Waals surface area contributed by atoms with Gasteiger partial charge in [-0.05, 0) is 141 Å². The monoisotopic (exact) mass is 1380 g/mol. The molecule has 0 unspecified atom stereocenters. The maximum atomic E-state index is 15.4. The average Bonchev–Trinajstić information content (AvgIpc) is 0.825. The maximum absolute atomic E-state index is 15.4. The first-order chi connectivity index (χ1) is 44.3. The Morgan fingerprint density at radius 3 is 1.44 bits per heavy atom. The quantitative estimate of drug-likeness (QED) is 0.0640. The summed E-state index contributed by atoms with van der Waals surface area (Å²) in [7, 11) is 9.88. The van der Waals surface area contributed by atoms with Crippen LogP contribution in [0.4, 0.5) is 0 Å². The zero-order valence-electron chi connectivity index (χ0n) is 63.6. The smallest absolute Gasteiger partial charge is 0.256 e. The molecule has 0 saturated carbocycles. The number of aliphatic hydroxyl groups is 2. The molecule has 1 fully saturated rings. The van der Waals surface area contributed by atoms with E-state index in [0.717, 1.165) is 28.1 Å². The first kappa shape index (κ1) is 88.2. The molecule has 25 nitrogen and oxygen atoms in total. The third-order valence-electron chi connectivity index (χ3n) is 18.2. The van der Waals surface area contributed by atoms with Gasteiger partial charge in [0.05, 0.1) is 11.7 Å². The minimum absolute atomic E-state index is 0.0301. The predicted octanol–water partition coefficient (Wildman–Crippen LogP) is 4.56. The second-order valence-corrected chi connectivity index (χ2v) is 30.7. The number of hydrogen-bond donors (Lipinski definition) is 6. The molecule has 1 aliphatic rings. The molecular formula is C70H128N12O13S. The summed E-state index contributed by atoms with van der Waals surface area (Å²) in [5.74, 6) is -9.96. The number of carbonyl (C=O) groups excluding carboxylic acids is 11. The van der Waals surface area contributed by atoms with E-state index in [0.29, 0.717) is 18.7 Å². The molecule has 1 saturated heterocycles. The first-order valence-corrected chi connectivity index (χ1v) is 35.8. The molecule has 1 rings (SSSR count). The van der Waals surface area contributed by atoms with Gasteiger partial charge in [-0.2, -0.15) is 0 Å². The third kappa shape index (κ3) is 25.5. The lowest BCUT2D eigenvalue weighted by Gasteiger charge is -2.41. The van der Waals surface area contributed by atoms with Crippen molar-refractivity contribution in [2.24, 2.45) is 35.5 Å². The summed E-state index contributed by atoms with van der Waals surface area (Å²) < 4.78 is 0. The Morgan fingerprint density at radius 1 is 0.521 bits per heavy atom. The van der Waals surface area contributed by atoms with E-state index in [4.69, 9.17) is 0 Å². The van der Waals surface area contributed by atoms with Gasteiger partial charge in [-0.3, -0.25) is 52.7 Å². The van der Waals surface area contributed by atoms with Crippen LogP contribution >= 0.6 is 11.8 Å². The lowest BCUT2D eigenvalue weighted by Crippen LogP contribution is -2.64. The van der Waals surface area contributed by atoms with Crippen LogP contribution in [0.25, 0.3) is 0 Å². The number of hydrogen-bond acceptors (Lipinski definition) is 15. The Hall–Kier alpha value is -5.86. The summed E-state index contributed by atoms with van der Waals surface area (Å²) in [5.41, 5.74) is -1.59. The topological polar surface area (TPSA) is 302 Å². The standard InChI is InChI=1S/C70H128N12O13S/c1-28-31-33-46(16)57(83)56-61(87)73-49(29-2)63(89)81(27)69(96-35-32-34-82(30-3)45(14)15)68(94)78(24)53(39-70(19,20)95)60(86)74-54(43(10)11)66(92)75(21)50(36-40(4)5)59(85)71-47(17)58(84)72-48(18)62(88)76(22)51(37-41(6)7)64(90)77(23)52(38-42(8)9)65(91)79(25)55(44(12)13)67(93)80(56)26/h28,31,40-57,69,83,95H,29-30,32-39H2,1-27H3,(H,71,85)(H,72,84)(H,73,87)(H,74,86)/b31-28+/t46-,47+,48-,49+,50+,51+,52+,53+,54+,55+,56+,57-,69-/m1/s1. The summed E-state index contributed by atoms with van der Waals surface area (Å²) in [6.07, 6.45) is 2.93. The zero-order valence-corrected chi connectivity index (χ0v) is 64.4. The van der Waals surface area contributed by atoms with Crippen LogP contribution in [-0.4, -0.2) is 266 Å². The van der Waals surface area contributed by atoms with E-state index in [9.17, 15) is 29.4 Å². The van der Waals surface area contributed by atoms with E-state index in [2.05, 4.69) is 40.0 Å². The molecule has 0 aliphatic carbocycles. The number of amides is 11. The highest BCUT2D eigenvalue weighted by atomic mass is 32.2. The van der Waals surface area contributed by atoms with Gasteiger partial charge in [-0.15, -0.1) is 11.8 Å². The van der Waals surface area contributed by atoms with Crippen LogP contribution in [0.2, 0.25) is 0 Å². The summed E-state index contributed by atoms with van der Waals surface area (Å²) in [4.78, 5) is 175. The van der Waals surface area contributed by atoms with Crippen LogP contribution < -0.4 is 21.3 Å². The fraction of sp³-hybridized carbons (Fsp3) is 0.814. The van der Waals surface area contributed by atoms with Gasteiger partial charge in [-0.1, -0.05) is 102 Å². The lowest BCUT2D eigenvalue weighted by atomic mass is 9.91. The second-order valence-electron chi connectivity index (χ2n) is 29.5. The van der Waals surface area contributed by atoms with Crippen LogP contribution in [0.1, 0.15) is 183 Å². The Morgan fingerprint density at radius 2 is 0.979 bits per heavy atom. The zero-order chi connectivity index (χ0) is 74.5. The van der Waals surface area contributed by atoms with Crippen LogP contribution in [0.3, 0.4) is 0 Å². The van der Waals surface area contributed by atoms with Crippen LogP contribution in [0.5, 0.6) is 0 Å². The van der Waals surface area contributed by atoms with Crippen molar-refractivity contribution < 1.29 is 63.0 Å². The highest BCUT2D eigenvalue weighted by Gasteiger charge is 2.47. The van der Waals surface area contributed by atoms with Crippen LogP contribution in [0, 0.1) is 35.5 Å². The van der Waals surface area contributed by atoms with Crippen molar-refractivity contribution in [1.29, 1.82) is 0 Å².